The van der Waals surface area contributed by atoms with Crippen molar-refractivity contribution in [1.82, 2.24) is 15.5 Å². The molecule has 1 aliphatic carbocycles. The fourth-order valence-corrected chi connectivity index (χ4v) is 2.80. The van der Waals surface area contributed by atoms with Crippen LogP contribution in [-0.4, -0.2) is 36.2 Å². The lowest BCUT2D eigenvalue weighted by Crippen LogP contribution is -2.34. The molecular formula is C18H24N4O. The van der Waals surface area contributed by atoms with E-state index in [1.165, 1.54) is 11.3 Å². The summed E-state index contributed by atoms with van der Waals surface area (Å²) in [4.78, 5) is 14.5. The predicted molar refractivity (Wildman–Crippen MR) is 92.0 cm³/mol. The number of carbonyl (C=O) groups is 1. The van der Waals surface area contributed by atoms with Gasteiger partial charge in [-0.3, -0.25) is 9.89 Å². The van der Waals surface area contributed by atoms with Crippen molar-refractivity contribution in [1.29, 1.82) is 0 Å². The average molecular weight is 312 g/mol. The van der Waals surface area contributed by atoms with Crippen molar-refractivity contribution in [3.63, 3.8) is 0 Å². The maximum atomic E-state index is 12.4. The predicted octanol–water partition coefficient (Wildman–Crippen LogP) is 2.71. The Morgan fingerprint density at radius 3 is 2.65 bits per heavy atom. The normalized spacial score (nSPS) is 15.3. The molecule has 0 aliphatic heterocycles. The van der Waals surface area contributed by atoms with Gasteiger partial charge in [0.1, 0.15) is 0 Å². The summed E-state index contributed by atoms with van der Waals surface area (Å²) in [5.74, 6) is 0.463. The molecule has 1 atom stereocenters. The second-order valence-electron chi connectivity index (χ2n) is 6.61. The van der Waals surface area contributed by atoms with Gasteiger partial charge in [0.05, 0.1) is 17.5 Å². The lowest BCUT2D eigenvalue weighted by atomic mass is 10.1. The van der Waals surface area contributed by atoms with E-state index in [0.29, 0.717) is 11.5 Å². The van der Waals surface area contributed by atoms with Crippen LogP contribution < -0.4 is 10.2 Å². The molecule has 5 heteroatoms. The van der Waals surface area contributed by atoms with Gasteiger partial charge < -0.3 is 10.2 Å². The molecule has 1 fully saturated rings. The van der Waals surface area contributed by atoms with Gasteiger partial charge >= 0.3 is 0 Å². The summed E-state index contributed by atoms with van der Waals surface area (Å²) < 4.78 is 0. The first kappa shape index (κ1) is 15.6. The molecule has 23 heavy (non-hydrogen) atoms. The van der Waals surface area contributed by atoms with Gasteiger partial charge in [-0.15, -0.1) is 0 Å². The van der Waals surface area contributed by atoms with Gasteiger partial charge in [-0.05, 0) is 43.9 Å². The molecule has 2 aromatic rings. The fourth-order valence-electron chi connectivity index (χ4n) is 2.80. The highest BCUT2D eigenvalue weighted by Gasteiger charge is 2.30. The van der Waals surface area contributed by atoms with E-state index in [1.807, 2.05) is 21.0 Å². The number of nitrogens with zero attached hydrogens (tertiary/aromatic N) is 2. The van der Waals surface area contributed by atoms with Crippen LogP contribution in [0.4, 0.5) is 5.69 Å². The summed E-state index contributed by atoms with van der Waals surface area (Å²) in [6.07, 6.45) is 4.75. The number of aromatic amines is 1. The smallest absolute Gasteiger partial charge is 0.254 e. The van der Waals surface area contributed by atoms with Gasteiger partial charge in [0.2, 0.25) is 0 Å². The first-order chi connectivity index (χ1) is 11.0. The number of hydrogen-bond acceptors (Lipinski definition) is 3. The largest absolute Gasteiger partial charge is 0.378 e. The molecule has 1 heterocycles. The van der Waals surface area contributed by atoms with Crippen molar-refractivity contribution in [3.05, 3.63) is 47.3 Å². The lowest BCUT2D eigenvalue weighted by Gasteiger charge is -2.16. The van der Waals surface area contributed by atoms with Gasteiger partial charge in [0.25, 0.3) is 5.91 Å². The summed E-state index contributed by atoms with van der Waals surface area (Å²) in [5.41, 5.74) is 4.09. The second-order valence-corrected chi connectivity index (χ2v) is 6.61. The number of hydrogen-bond donors (Lipinski definition) is 2. The van der Waals surface area contributed by atoms with E-state index in [0.717, 1.165) is 25.0 Å². The summed E-state index contributed by atoms with van der Waals surface area (Å²) in [5, 5.41) is 10.1. The molecular weight excluding hydrogens is 288 g/mol. The Kier molecular flexibility index (Phi) is 4.37. The topological polar surface area (TPSA) is 61.0 Å². The van der Waals surface area contributed by atoms with Crippen molar-refractivity contribution in [3.8, 4) is 0 Å². The Morgan fingerprint density at radius 2 is 2.04 bits per heavy atom. The van der Waals surface area contributed by atoms with Gasteiger partial charge in [-0.2, -0.15) is 5.10 Å². The second kappa shape index (κ2) is 6.44. The van der Waals surface area contributed by atoms with E-state index < -0.39 is 0 Å². The Morgan fingerprint density at radius 1 is 1.35 bits per heavy atom. The van der Waals surface area contributed by atoms with E-state index in [-0.39, 0.29) is 11.9 Å². The molecule has 122 valence electrons. The van der Waals surface area contributed by atoms with Crippen LogP contribution in [0, 0.1) is 0 Å². The number of H-pyrrole nitrogens is 1. The third-order valence-corrected chi connectivity index (χ3v) is 4.27. The molecule has 2 N–H and O–H groups in total. The zero-order valence-corrected chi connectivity index (χ0v) is 14.0. The van der Waals surface area contributed by atoms with E-state index in [2.05, 4.69) is 44.7 Å². The Balaban J connectivity index is 1.59. The number of carbonyl (C=O) groups excluding carboxylic acids is 1. The van der Waals surface area contributed by atoms with Crippen LogP contribution in [0.3, 0.4) is 0 Å². The maximum absolute atomic E-state index is 12.4. The van der Waals surface area contributed by atoms with Gasteiger partial charge in [0.15, 0.2) is 0 Å². The molecule has 0 radical (unpaired) electrons. The summed E-state index contributed by atoms with van der Waals surface area (Å²) in [7, 11) is 4.06. The van der Waals surface area contributed by atoms with E-state index >= 15 is 0 Å². The standard InChI is InChI=1S/C18H24N4O/c1-12(10-13-4-8-15(9-5-13)22(2)3)20-18(23)16-11-19-21-17(16)14-6-7-14/h4-5,8-9,11-12,14H,6-7,10H2,1-3H3,(H,19,21)(H,20,23). The van der Waals surface area contributed by atoms with Crippen molar-refractivity contribution in [2.75, 3.05) is 19.0 Å². The molecule has 1 saturated carbocycles. The molecule has 1 amide bonds. The third-order valence-electron chi connectivity index (χ3n) is 4.27. The first-order valence-electron chi connectivity index (χ1n) is 8.15. The van der Waals surface area contributed by atoms with Crippen molar-refractivity contribution < 1.29 is 4.79 Å². The number of amides is 1. The molecule has 5 nitrogen and oxygen atoms in total. The fraction of sp³-hybridized carbons (Fsp3) is 0.444. The van der Waals surface area contributed by atoms with Gasteiger partial charge in [-0.1, -0.05) is 12.1 Å². The SMILES string of the molecule is CC(Cc1ccc(N(C)C)cc1)NC(=O)c1cn[nH]c1C1CC1. The molecule has 0 spiro atoms. The Bertz CT molecular complexity index is 671. The molecule has 3 rings (SSSR count). The zero-order valence-electron chi connectivity index (χ0n) is 14.0. The number of benzene rings is 1. The van der Waals surface area contributed by atoms with E-state index in [4.69, 9.17) is 0 Å². The van der Waals surface area contributed by atoms with Crippen LogP contribution >= 0.6 is 0 Å². The lowest BCUT2D eigenvalue weighted by molar-refractivity contribution is 0.0939. The minimum Gasteiger partial charge on any atom is -0.378 e. The third kappa shape index (κ3) is 3.73. The number of rotatable bonds is 6. The molecule has 1 aromatic carbocycles. The van der Waals surface area contributed by atoms with Crippen LogP contribution in [0.2, 0.25) is 0 Å². The molecule has 0 bridgehead atoms. The minimum atomic E-state index is -0.0296. The maximum Gasteiger partial charge on any atom is 0.254 e. The van der Waals surface area contributed by atoms with Crippen LogP contribution in [-0.2, 0) is 6.42 Å². The number of nitrogens with one attached hydrogen (secondary N) is 2. The van der Waals surface area contributed by atoms with Gasteiger partial charge in [0, 0.05) is 31.7 Å². The van der Waals surface area contributed by atoms with Gasteiger partial charge in [-0.25, -0.2) is 0 Å². The highest BCUT2D eigenvalue weighted by atomic mass is 16.1. The molecule has 0 saturated heterocycles. The Labute approximate surface area is 137 Å². The molecule has 1 aromatic heterocycles. The van der Waals surface area contributed by atoms with Crippen LogP contribution in [0.1, 0.15) is 47.3 Å². The van der Waals surface area contributed by atoms with Crippen LogP contribution in [0.25, 0.3) is 0 Å². The summed E-state index contributed by atoms with van der Waals surface area (Å²) >= 11 is 0. The highest BCUT2D eigenvalue weighted by molar-refractivity contribution is 5.95. The van der Waals surface area contributed by atoms with Crippen molar-refractivity contribution >= 4 is 11.6 Å². The summed E-state index contributed by atoms with van der Waals surface area (Å²) in [6, 6.07) is 8.52. The Hall–Kier alpha value is -2.30. The number of anilines is 1. The van der Waals surface area contributed by atoms with E-state index in [9.17, 15) is 4.79 Å². The van der Waals surface area contributed by atoms with Crippen molar-refractivity contribution in [2.45, 2.75) is 38.1 Å². The summed E-state index contributed by atoms with van der Waals surface area (Å²) in [6.45, 7) is 2.04. The van der Waals surface area contributed by atoms with Crippen molar-refractivity contribution in [2.24, 2.45) is 0 Å². The quantitative estimate of drug-likeness (QED) is 0.862. The number of aromatic nitrogens is 2. The highest BCUT2D eigenvalue weighted by Crippen LogP contribution is 2.40. The van der Waals surface area contributed by atoms with Crippen LogP contribution in [0.5, 0.6) is 0 Å². The minimum absolute atomic E-state index is 0.0296. The average Bonchev–Trinajstić information content (AvgIpc) is 3.24. The molecule has 1 unspecified atom stereocenters. The van der Waals surface area contributed by atoms with E-state index in [1.54, 1.807) is 6.20 Å². The first-order valence-corrected chi connectivity index (χ1v) is 8.15. The molecule has 1 aliphatic rings. The zero-order chi connectivity index (χ0) is 16.4. The monoisotopic (exact) mass is 312 g/mol. The van der Waals surface area contributed by atoms with Crippen LogP contribution in [0.15, 0.2) is 30.5 Å².